The fourth-order valence-corrected chi connectivity index (χ4v) is 2.31. The molecule has 0 amide bonds. The summed E-state index contributed by atoms with van der Waals surface area (Å²) in [5.74, 6) is -0.135. The van der Waals surface area contributed by atoms with Gasteiger partial charge in [-0.15, -0.1) is 0 Å². The highest BCUT2D eigenvalue weighted by atomic mass is 79.9. The Morgan fingerprint density at radius 1 is 1.19 bits per heavy atom. The number of rotatable bonds is 2. The van der Waals surface area contributed by atoms with Crippen molar-refractivity contribution in [2.75, 3.05) is 0 Å². The lowest BCUT2D eigenvalue weighted by molar-refractivity contribution is 0.445. The first-order chi connectivity index (χ1) is 10.2. The monoisotopic (exact) mass is 342 g/mol. The van der Waals surface area contributed by atoms with E-state index in [9.17, 15) is 9.65 Å². The molecule has 0 aliphatic carbocycles. The van der Waals surface area contributed by atoms with E-state index in [-0.39, 0.29) is 11.3 Å². The lowest BCUT2D eigenvalue weighted by Gasteiger charge is -2.11. The molecule has 0 bridgehead atoms. The van der Waals surface area contributed by atoms with Gasteiger partial charge in [0, 0.05) is 16.1 Å². The number of nitriles is 1. The van der Waals surface area contributed by atoms with Crippen molar-refractivity contribution in [2.45, 2.75) is 0 Å². The molecular weight excluding hydrogens is 335 g/mol. The van der Waals surface area contributed by atoms with E-state index in [1.54, 1.807) is 18.2 Å². The SMILES string of the molecule is N#Cc1cnc2ccccc2c1Oc1ccc(Br)cc1F. The van der Waals surface area contributed by atoms with Crippen molar-refractivity contribution < 1.29 is 9.13 Å². The number of aromatic nitrogens is 1. The van der Waals surface area contributed by atoms with E-state index < -0.39 is 5.82 Å². The lowest BCUT2D eigenvalue weighted by Crippen LogP contribution is -1.94. The molecule has 2 aromatic carbocycles. The van der Waals surface area contributed by atoms with Crippen LogP contribution in [0.2, 0.25) is 0 Å². The topological polar surface area (TPSA) is 45.9 Å². The van der Waals surface area contributed by atoms with Crippen molar-refractivity contribution in [3.8, 4) is 17.6 Å². The second-order valence-electron chi connectivity index (χ2n) is 4.31. The number of halogens is 2. The highest BCUT2D eigenvalue weighted by molar-refractivity contribution is 9.10. The normalized spacial score (nSPS) is 10.3. The van der Waals surface area contributed by atoms with Crippen LogP contribution in [0.5, 0.6) is 11.5 Å². The summed E-state index contributed by atoms with van der Waals surface area (Å²) in [6, 6.07) is 13.8. The van der Waals surface area contributed by atoms with Crippen LogP contribution in [0, 0.1) is 17.1 Å². The van der Waals surface area contributed by atoms with Crippen LogP contribution in [0.1, 0.15) is 5.56 Å². The summed E-state index contributed by atoms with van der Waals surface area (Å²) < 4.78 is 20.2. The van der Waals surface area contributed by atoms with Gasteiger partial charge < -0.3 is 4.74 Å². The summed E-state index contributed by atoms with van der Waals surface area (Å²) in [6.45, 7) is 0. The first kappa shape index (κ1) is 13.5. The Morgan fingerprint density at radius 3 is 2.76 bits per heavy atom. The number of hydrogen-bond donors (Lipinski definition) is 0. The third-order valence-corrected chi connectivity index (χ3v) is 3.45. The van der Waals surface area contributed by atoms with Gasteiger partial charge in [0.15, 0.2) is 17.3 Å². The van der Waals surface area contributed by atoms with Gasteiger partial charge in [-0.2, -0.15) is 5.26 Å². The van der Waals surface area contributed by atoms with E-state index in [4.69, 9.17) is 4.74 Å². The molecule has 1 aromatic heterocycles. The molecule has 3 rings (SSSR count). The Morgan fingerprint density at radius 2 is 2.00 bits per heavy atom. The second-order valence-corrected chi connectivity index (χ2v) is 5.22. The van der Waals surface area contributed by atoms with Crippen LogP contribution in [0.3, 0.4) is 0 Å². The molecule has 0 aliphatic heterocycles. The van der Waals surface area contributed by atoms with E-state index in [0.29, 0.717) is 21.1 Å². The van der Waals surface area contributed by atoms with E-state index in [1.807, 2.05) is 18.2 Å². The zero-order valence-corrected chi connectivity index (χ0v) is 12.3. The summed E-state index contributed by atoms with van der Waals surface area (Å²) in [7, 11) is 0. The molecule has 102 valence electrons. The largest absolute Gasteiger partial charge is 0.452 e. The summed E-state index contributed by atoms with van der Waals surface area (Å²) in [4.78, 5) is 4.19. The van der Waals surface area contributed by atoms with Crippen molar-refractivity contribution in [1.29, 1.82) is 5.26 Å². The van der Waals surface area contributed by atoms with Crippen molar-refractivity contribution in [3.05, 3.63) is 64.5 Å². The third kappa shape index (κ3) is 2.58. The molecule has 0 spiro atoms. The maximum absolute atomic E-state index is 13.9. The van der Waals surface area contributed by atoms with E-state index in [1.165, 1.54) is 18.3 Å². The molecule has 0 atom stereocenters. The van der Waals surface area contributed by atoms with Gasteiger partial charge in [0.2, 0.25) is 0 Å². The number of nitrogens with zero attached hydrogens (tertiary/aromatic N) is 2. The second kappa shape index (κ2) is 5.51. The minimum atomic E-state index is -0.505. The van der Waals surface area contributed by atoms with Gasteiger partial charge >= 0.3 is 0 Å². The minimum Gasteiger partial charge on any atom is -0.452 e. The number of pyridine rings is 1. The van der Waals surface area contributed by atoms with Crippen LogP contribution >= 0.6 is 15.9 Å². The van der Waals surface area contributed by atoms with E-state index >= 15 is 0 Å². The maximum Gasteiger partial charge on any atom is 0.166 e. The van der Waals surface area contributed by atoms with Crippen molar-refractivity contribution in [2.24, 2.45) is 0 Å². The van der Waals surface area contributed by atoms with Crippen molar-refractivity contribution in [3.63, 3.8) is 0 Å². The molecule has 0 unspecified atom stereocenters. The average molecular weight is 343 g/mol. The molecule has 0 aliphatic rings. The summed E-state index contributed by atoms with van der Waals surface area (Å²) in [5.41, 5.74) is 0.944. The van der Waals surface area contributed by atoms with E-state index in [2.05, 4.69) is 20.9 Å². The first-order valence-electron chi connectivity index (χ1n) is 6.10. The number of fused-ring (bicyclic) bond motifs is 1. The van der Waals surface area contributed by atoms with Crippen LogP contribution in [0.15, 0.2) is 53.1 Å². The quantitative estimate of drug-likeness (QED) is 0.671. The molecule has 0 radical (unpaired) electrons. The zero-order chi connectivity index (χ0) is 14.8. The van der Waals surface area contributed by atoms with Gasteiger partial charge in [0.1, 0.15) is 11.6 Å². The number of hydrogen-bond acceptors (Lipinski definition) is 3. The lowest BCUT2D eigenvalue weighted by atomic mass is 10.1. The van der Waals surface area contributed by atoms with E-state index in [0.717, 1.165) is 0 Å². The molecule has 5 heteroatoms. The van der Waals surface area contributed by atoms with Crippen LogP contribution < -0.4 is 4.74 Å². The number of benzene rings is 2. The van der Waals surface area contributed by atoms with Gasteiger partial charge in [-0.25, -0.2) is 4.39 Å². The van der Waals surface area contributed by atoms with Crippen LogP contribution in [-0.2, 0) is 0 Å². The van der Waals surface area contributed by atoms with Crippen LogP contribution in [-0.4, -0.2) is 4.98 Å². The molecule has 21 heavy (non-hydrogen) atoms. The summed E-state index contributed by atoms with van der Waals surface area (Å²) in [5, 5.41) is 9.86. The molecule has 0 saturated heterocycles. The van der Waals surface area contributed by atoms with Crippen LogP contribution in [0.25, 0.3) is 10.9 Å². The van der Waals surface area contributed by atoms with Gasteiger partial charge in [-0.1, -0.05) is 28.1 Å². The highest BCUT2D eigenvalue weighted by Crippen LogP contribution is 2.33. The number of ether oxygens (including phenoxy) is 1. The maximum atomic E-state index is 13.9. The molecule has 0 N–H and O–H groups in total. The Kier molecular flexibility index (Phi) is 3.55. The van der Waals surface area contributed by atoms with Crippen molar-refractivity contribution >= 4 is 26.8 Å². The molecule has 0 fully saturated rings. The summed E-state index contributed by atoms with van der Waals surface area (Å²) in [6.07, 6.45) is 1.43. The molecule has 3 nitrogen and oxygen atoms in total. The molecule has 3 aromatic rings. The average Bonchev–Trinajstić information content (AvgIpc) is 2.50. The predicted octanol–water partition coefficient (Wildman–Crippen LogP) is 4.80. The fraction of sp³-hybridized carbons (Fsp3) is 0. The Balaban J connectivity index is 2.17. The zero-order valence-electron chi connectivity index (χ0n) is 10.7. The molecule has 0 saturated carbocycles. The van der Waals surface area contributed by atoms with Gasteiger partial charge in [0.05, 0.1) is 5.52 Å². The third-order valence-electron chi connectivity index (χ3n) is 2.95. The predicted molar refractivity (Wildman–Crippen MR) is 80.6 cm³/mol. The highest BCUT2D eigenvalue weighted by Gasteiger charge is 2.13. The first-order valence-corrected chi connectivity index (χ1v) is 6.89. The van der Waals surface area contributed by atoms with Crippen LogP contribution in [0.4, 0.5) is 4.39 Å². The van der Waals surface area contributed by atoms with Gasteiger partial charge in [0.25, 0.3) is 0 Å². The smallest absolute Gasteiger partial charge is 0.166 e. The summed E-state index contributed by atoms with van der Waals surface area (Å²) >= 11 is 3.19. The van der Waals surface area contributed by atoms with Gasteiger partial charge in [-0.3, -0.25) is 4.98 Å². The Labute approximate surface area is 128 Å². The minimum absolute atomic E-state index is 0.0612. The fourth-order valence-electron chi connectivity index (χ4n) is 1.97. The molecule has 1 heterocycles. The standard InChI is InChI=1S/C16H8BrFN2O/c17-11-5-6-15(13(18)7-11)21-16-10(8-19)9-20-14-4-2-1-3-12(14)16/h1-7,9H. The van der Waals surface area contributed by atoms with Crippen molar-refractivity contribution in [1.82, 2.24) is 4.98 Å². The Bertz CT molecular complexity index is 874. The number of para-hydroxylation sites is 1. The van der Waals surface area contributed by atoms with Gasteiger partial charge in [-0.05, 0) is 30.3 Å². The Hall–Kier alpha value is -2.45. The molecular formula is C16H8BrFN2O.